The smallest absolute Gasteiger partial charge is 0.422 e. The first-order chi connectivity index (χ1) is 16.5. The van der Waals surface area contributed by atoms with Crippen molar-refractivity contribution in [2.75, 3.05) is 6.61 Å². The quantitative estimate of drug-likeness (QED) is 0.539. The molecular formula is C25H25F3N2O5. The van der Waals surface area contributed by atoms with E-state index < -0.39 is 29.7 Å². The molecule has 10 heteroatoms. The van der Waals surface area contributed by atoms with Gasteiger partial charge in [-0.05, 0) is 47.9 Å². The Bertz CT molecular complexity index is 1100. The van der Waals surface area contributed by atoms with Crippen molar-refractivity contribution in [3.8, 4) is 11.1 Å². The minimum atomic E-state index is -5.14. The number of amides is 2. The minimum Gasteiger partial charge on any atom is -0.479 e. The number of halogens is 3. The van der Waals surface area contributed by atoms with Crippen molar-refractivity contribution in [3.05, 3.63) is 59.7 Å². The average molecular weight is 490 g/mol. The lowest BCUT2D eigenvalue weighted by Gasteiger charge is -2.36. The molecule has 2 amide bonds. The molecule has 0 saturated heterocycles. The van der Waals surface area contributed by atoms with Gasteiger partial charge in [-0.15, -0.1) is 0 Å². The lowest BCUT2D eigenvalue weighted by molar-refractivity contribution is -0.207. The van der Waals surface area contributed by atoms with E-state index in [0.717, 1.165) is 22.3 Å². The number of carboxylic acids is 1. The number of fused-ring (bicyclic) bond motifs is 3. The first-order valence-electron chi connectivity index (χ1n) is 11.2. The Balaban J connectivity index is 1.24. The fraction of sp³-hybridized carbons (Fsp3) is 0.400. The third kappa shape index (κ3) is 4.82. The third-order valence-corrected chi connectivity index (χ3v) is 6.76. The van der Waals surface area contributed by atoms with Crippen LogP contribution in [0.3, 0.4) is 0 Å². The summed E-state index contributed by atoms with van der Waals surface area (Å²) in [6, 6.07) is 15.6. The molecule has 1 fully saturated rings. The Kier molecular flexibility index (Phi) is 6.48. The zero-order valence-electron chi connectivity index (χ0n) is 18.9. The van der Waals surface area contributed by atoms with Crippen LogP contribution in [0.2, 0.25) is 0 Å². The molecule has 4 rings (SSSR count). The van der Waals surface area contributed by atoms with Gasteiger partial charge in [-0.3, -0.25) is 4.79 Å². The maximum absolute atomic E-state index is 13.0. The van der Waals surface area contributed by atoms with Crippen LogP contribution in [0.15, 0.2) is 48.5 Å². The van der Waals surface area contributed by atoms with E-state index >= 15 is 0 Å². The monoisotopic (exact) mass is 490 g/mol. The number of nitrogens with one attached hydrogen (secondary N) is 2. The second-order valence-electron chi connectivity index (χ2n) is 9.18. The highest BCUT2D eigenvalue weighted by Gasteiger charge is 2.58. The maximum atomic E-state index is 13.0. The maximum Gasteiger partial charge on any atom is 0.422 e. The average Bonchev–Trinajstić information content (AvgIpc) is 3.09. The van der Waals surface area contributed by atoms with Crippen molar-refractivity contribution in [1.29, 1.82) is 0 Å². The summed E-state index contributed by atoms with van der Waals surface area (Å²) < 4.78 is 44.6. The van der Waals surface area contributed by atoms with Gasteiger partial charge in [0, 0.05) is 18.4 Å². The Hall–Kier alpha value is -3.56. The fourth-order valence-electron chi connectivity index (χ4n) is 4.66. The zero-order valence-corrected chi connectivity index (χ0v) is 18.9. The first-order valence-corrected chi connectivity index (χ1v) is 11.2. The van der Waals surface area contributed by atoms with Crippen LogP contribution in [0.25, 0.3) is 11.1 Å². The van der Waals surface area contributed by atoms with E-state index in [-0.39, 0.29) is 30.9 Å². The summed E-state index contributed by atoms with van der Waals surface area (Å²) in [7, 11) is 0. The normalized spacial score (nSPS) is 20.6. The molecule has 3 N–H and O–H groups in total. The van der Waals surface area contributed by atoms with Crippen LogP contribution >= 0.6 is 0 Å². The molecular weight excluding hydrogens is 465 g/mol. The molecule has 7 nitrogen and oxygen atoms in total. The van der Waals surface area contributed by atoms with Gasteiger partial charge < -0.3 is 20.5 Å². The van der Waals surface area contributed by atoms with Gasteiger partial charge in [-0.1, -0.05) is 48.5 Å². The molecule has 2 aliphatic carbocycles. The number of carboxylic acid groups (broad SMARTS) is 1. The third-order valence-electron chi connectivity index (χ3n) is 6.76. The summed E-state index contributed by atoms with van der Waals surface area (Å²) in [4.78, 5) is 35.4. The van der Waals surface area contributed by atoms with Crippen LogP contribution in [0.5, 0.6) is 0 Å². The molecule has 0 heterocycles. The van der Waals surface area contributed by atoms with E-state index in [4.69, 9.17) is 9.84 Å². The summed E-state index contributed by atoms with van der Waals surface area (Å²) in [5, 5.41) is 13.2. The second kappa shape index (κ2) is 9.24. The number of ether oxygens (including phenoxy) is 1. The Morgan fingerprint density at radius 1 is 1.00 bits per heavy atom. The number of aliphatic carboxylic acids is 1. The Morgan fingerprint density at radius 2 is 1.54 bits per heavy atom. The zero-order chi connectivity index (χ0) is 25.4. The highest BCUT2D eigenvalue weighted by Crippen LogP contribution is 2.44. The van der Waals surface area contributed by atoms with Crippen molar-refractivity contribution >= 4 is 18.0 Å². The summed E-state index contributed by atoms with van der Waals surface area (Å²) in [5.41, 5.74) is 1.04. The minimum absolute atomic E-state index is 0.0804. The Morgan fingerprint density at radius 3 is 2.06 bits per heavy atom. The summed E-state index contributed by atoms with van der Waals surface area (Å²) in [6.45, 7) is 0.569. The number of alkyl carbamates (subject to hydrolysis) is 1. The van der Waals surface area contributed by atoms with E-state index in [0.29, 0.717) is 19.8 Å². The van der Waals surface area contributed by atoms with E-state index in [1.165, 1.54) is 0 Å². The SMILES string of the molecule is CC(NC(=O)CC1CC(NC(=O)OCC2c3ccccc3-c3ccccc32)C1)(C(=O)O)C(F)(F)F. The van der Waals surface area contributed by atoms with Gasteiger partial charge in [0.25, 0.3) is 0 Å². The molecule has 0 spiro atoms. The standard InChI is InChI=1S/C25H25F3N2O5/c1-24(22(32)33,25(26,27)28)30-21(31)12-14-10-15(11-14)29-23(34)35-13-20-18-8-4-2-6-16(18)17-7-3-5-9-19(17)20/h2-9,14-15,20H,10-13H2,1H3,(H,29,34)(H,30,31)(H,32,33). The molecule has 35 heavy (non-hydrogen) atoms. The number of carbonyl (C=O) groups excluding carboxylic acids is 2. The van der Waals surface area contributed by atoms with Gasteiger partial charge in [-0.2, -0.15) is 13.2 Å². The van der Waals surface area contributed by atoms with Crippen molar-refractivity contribution in [2.45, 2.75) is 49.9 Å². The number of alkyl halides is 3. The van der Waals surface area contributed by atoms with Crippen molar-refractivity contribution in [3.63, 3.8) is 0 Å². The molecule has 1 atom stereocenters. The van der Waals surface area contributed by atoms with Gasteiger partial charge in [0.2, 0.25) is 11.4 Å². The molecule has 0 radical (unpaired) electrons. The van der Waals surface area contributed by atoms with Crippen LogP contribution in [-0.4, -0.2) is 47.4 Å². The van der Waals surface area contributed by atoms with E-state index in [9.17, 15) is 27.6 Å². The second-order valence-corrected chi connectivity index (χ2v) is 9.18. The van der Waals surface area contributed by atoms with E-state index in [1.807, 2.05) is 48.5 Å². The predicted molar refractivity (Wildman–Crippen MR) is 120 cm³/mol. The Labute approximate surface area is 199 Å². The molecule has 2 aromatic carbocycles. The summed E-state index contributed by atoms with van der Waals surface area (Å²) in [5.74, 6) is -3.53. The van der Waals surface area contributed by atoms with Gasteiger partial charge in [-0.25, -0.2) is 9.59 Å². The molecule has 186 valence electrons. The highest BCUT2D eigenvalue weighted by atomic mass is 19.4. The molecule has 0 aliphatic heterocycles. The van der Waals surface area contributed by atoms with E-state index in [2.05, 4.69) is 5.32 Å². The molecule has 0 aromatic heterocycles. The first kappa shape index (κ1) is 24.6. The predicted octanol–water partition coefficient (Wildman–Crippen LogP) is 4.22. The van der Waals surface area contributed by atoms with Crippen LogP contribution in [-0.2, 0) is 14.3 Å². The van der Waals surface area contributed by atoms with Gasteiger partial charge in [0.05, 0.1) is 0 Å². The molecule has 1 unspecified atom stereocenters. The van der Waals surface area contributed by atoms with Gasteiger partial charge in [0.15, 0.2) is 0 Å². The fourth-order valence-corrected chi connectivity index (χ4v) is 4.66. The lowest BCUT2D eigenvalue weighted by atomic mass is 9.78. The largest absolute Gasteiger partial charge is 0.479 e. The summed E-state index contributed by atoms with van der Waals surface area (Å²) in [6.07, 6.45) is -5.24. The van der Waals surface area contributed by atoms with Crippen molar-refractivity contribution < 1.29 is 37.4 Å². The number of hydrogen-bond acceptors (Lipinski definition) is 4. The topological polar surface area (TPSA) is 105 Å². The van der Waals surface area contributed by atoms with Crippen LogP contribution in [0, 0.1) is 5.92 Å². The lowest BCUT2D eigenvalue weighted by Crippen LogP contribution is -2.62. The van der Waals surface area contributed by atoms with Crippen molar-refractivity contribution in [2.24, 2.45) is 5.92 Å². The number of hydrogen-bond donors (Lipinski definition) is 3. The number of rotatable bonds is 7. The molecule has 0 bridgehead atoms. The van der Waals surface area contributed by atoms with E-state index in [1.54, 1.807) is 5.32 Å². The van der Waals surface area contributed by atoms with Crippen molar-refractivity contribution in [1.82, 2.24) is 10.6 Å². The van der Waals surface area contributed by atoms with Crippen LogP contribution in [0.1, 0.15) is 43.2 Å². The van der Waals surface area contributed by atoms with Gasteiger partial charge >= 0.3 is 18.2 Å². The molecule has 2 aliphatic rings. The highest BCUT2D eigenvalue weighted by molar-refractivity contribution is 5.87. The van der Waals surface area contributed by atoms with Crippen LogP contribution < -0.4 is 10.6 Å². The van der Waals surface area contributed by atoms with Crippen LogP contribution in [0.4, 0.5) is 18.0 Å². The molecule has 1 saturated carbocycles. The molecule has 2 aromatic rings. The number of benzene rings is 2. The van der Waals surface area contributed by atoms with Gasteiger partial charge in [0.1, 0.15) is 6.61 Å². The summed E-state index contributed by atoms with van der Waals surface area (Å²) >= 11 is 0. The number of carbonyl (C=O) groups is 3.